The van der Waals surface area contributed by atoms with Gasteiger partial charge in [-0.25, -0.2) is 9.79 Å². The first-order chi connectivity index (χ1) is 20.5. The van der Waals surface area contributed by atoms with Crippen LogP contribution in [0.25, 0.3) is 10.9 Å². The van der Waals surface area contributed by atoms with Crippen LogP contribution in [0, 0.1) is 0 Å². The van der Waals surface area contributed by atoms with Crippen molar-refractivity contribution in [2.45, 2.75) is 0 Å². The van der Waals surface area contributed by atoms with E-state index in [1.54, 1.807) is 18.0 Å². The van der Waals surface area contributed by atoms with Crippen molar-refractivity contribution in [1.82, 2.24) is 14.8 Å². The summed E-state index contributed by atoms with van der Waals surface area (Å²) in [6, 6.07) is 21.1. The Balaban J connectivity index is 1.44. The minimum absolute atomic E-state index is 0.00537. The molecule has 4 aromatic rings. The van der Waals surface area contributed by atoms with E-state index in [1.807, 2.05) is 54.6 Å². The number of nitrogens with one attached hydrogen (secondary N) is 1. The summed E-state index contributed by atoms with van der Waals surface area (Å²) >= 11 is 0. The van der Waals surface area contributed by atoms with Crippen LogP contribution in [0.1, 0.15) is 21.5 Å². The van der Waals surface area contributed by atoms with Crippen LogP contribution >= 0.6 is 0 Å². The number of amides is 1. The maximum absolute atomic E-state index is 12.9. The van der Waals surface area contributed by atoms with Crippen LogP contribution < -0.4 is 4.90 Å². The van der Waals surface area contributed by atoms with E-state index in [4.69, 9.17) is 4.99 Å². The van der Waals surface area contributed by atoms with Gasteiger partial charge in [-0.1, -0.05) is 36.4 Å². The van der Waals surface area contributed by atoms with E-state index >= 15 is 0 Å². The second-order valence-corrected chi connectivity index (χ2v) is 12.1. The van der Waals surface area contributed by atoms with E-state index in [2.05, 4.69) is 26.0 Å². The maximum atomic E-state index is 12.9. The maximum Gasteiger partial charge on any atom is 0.353 e. The number of carbonyl (C=O) groups excluding carboxylic acids is 2. The highest BCUT2D eigenvalue weighted by molar-refractivity contribution is 7.86. The van der Waals surface area contributed by atoms with Crippen molar-refractivity contribution in [3.63, 3.8) is 0 Å². The molecule has 0 unspecified atom stereocenters. The van der Waals surface area contributed by atoms with Crippen molar-refractivity contribution in [2.75, 3.05) is 58.0 Å². The van der Waals surface area contributed by atoms with Crippen molar-refractivity contribution < 1.29 is 27.3 Å². The van der Waals surface area contributed by atoms with Gasteiger partial charge in [-0.05, 0) is 43.4 Å². The summed E-state index contributed by atoms with van der Waals surface area (Å²) in [5.41, 5.74) is 3.37. The molecule has 0 bridgehead atoms. The van der Waals surface area contributed by atoms with E-state index in [1.165, 1.54) is 12.1 Å². The average Bonchev–Trinajstić information content (AvgIpc) is 3.31. The molecule has 224 valence electrons. The van der Waals surface area contributed by atoms with Gasteiger partial charge in [0.05, 0.1) is 35.3 Å². The first-order valence-electron chi connectivity index (χ1n) is 13.7. The van der Waals surface area contributed by atoms with Gasteiger partial charge in [0.15, 0.2) is 5.88 Å². The number of rotatable bonds is 8. The molecule has 12 heteroatoms. The van der Waals surface area contributed by atoms with Crippen molar-refractivity contribution in [3.8, 4) is 5.88 Å². The van der Waals surface area contributed by atoms with Gasteiger partial charge in [0, 0.05) is 55.4 Å². The van der Waals surface area contributed by atoms with Gasteiger partial charge < -0.3 is 24.1 Å². The Bertz CT molecular complexity index is 1780. The molecule has 0 atom stereocenters. The molecule has 43 heavy (non-hydrogen) atoms. The number of benzene rings is 3. The highest BCUT2D eigenvalue weighted by Crippen LogP contribution is 2.32. The van der Waals surface area contributed by atoms with Gasteiger partial charge in [0.1, 0.15) is 0 Å². The normalized spacial score (nSPS) is 15.0. The number of aliphatic imine (C=N–C) groups is 1. The number of aromatic nitrogens is 1. The molecule has 11 nitrogen and oxygen atoms in total. The number of nitrogens with zero attached hydrogens (tertiary/aromatic N) is 4. The smallest absolute Gasteiger partial charge is 0.353 e. The third-order valence-electron chi connectivity index (χ3n) is 7.33. The predicted molar refractivity (Wildman–Crippen MR) is 166 cm³/mol. The van der Waals surface area contributed by atoms with E-state index in [-0.39, 0.29) is 17.4 Å². The molecule has 2 N–H and O–H groups in total. The topological polar surface area (TPSA) is 136 Å². The largest absolute Gasteiger partial charge is 0.494 e. The van der Waals surface area contributed by atoms with E-state index in [0.717, 1.165) is 43.7 Å². The molecule has 1 fully saturated rings. The summed E-state index contributed by atoms with van der Waals surface area (Å²) in [5.74, 6) is -1.18. The lowest BCUT2D eigenvalue weighted by Gasteiger charge is -2.32. The lowest BCUT2D eigenvalue weighted by molar-refractivity contribution is -0.119. The molecule has 1 saturated heterocycles. The number of hydrogen-bond donors (Lipinski definition) is 2. The minimum atomic E-state index is -3.99. The fourth-order valence-electron chi connectivity index (χ4n) is 4.92. The zero-order chi connectivity index (χ0) is 30.7. The van der Waals surface area contributed by atoms with Gasteiger partial charge in [-0.3, -0.25) is 9.69 Å². The fourth-order valence-corrected chi connectivity index (χ4v) is 5.29. The van der Waals surface area contributed by atoms with E-state index in [0.29, 0.717) is 34.4 Å². The van der Waals surface area contributed by atoms with Gasteiger partial charge in [0.25, 0.3) is 0 Å². The SMILES string of the molecule is CN1CCN(CC(=O)N(C)c2ccc(N=C(c3ccccc3)c3c(O)[nH]c4cc(C(=O)OS(C)(=O)=O)ccc34)cc2)CC1. The molecule has 1 amide bonds. The van der Waals surface area contributed by atoms with Crippen LogP contribution in [0.5, 0.6) is 5.88 Å². The summed E-state index contributed by atoms with van der Waals surface area (Å²) in [5, 5.41) is 11.6. The lowest BCUT2D eigenvalue weighted by Crippen LogP contribution is -2.48. The van der Waals surface area contributed by atoms with Crippen molar-refractivity contribution in [1.29, 1.82) is 0 Å². The Morgan fingerprint density at radius 1 is 0.977 bits per heavy atom. The third kappa shape index (κ3) is 7.11. The second-order valence-electron chi connectivity index (χ2n) is 10.6. The Kier molecular flexibility index (Phi) is 8.62. The lowest BCUT2D eigenvalue weighted by atomic mass is 10.00. The Morgan fingerprint density at radius 3 is 2.30 bits per heavy atom. The Labute approximate surface area is 250 Å². The highest BCUT2D eigenvalue weighted by atomic mass is 32.2. The number of hydrogen-bond acceptors (Lipinski definition) is 9. The quantitative estimate of drug-likeness (QED) is 0.231. The van der Waals surface area contributed by atoms with Crippen LogP contribution in [0.4, 0.5) is 11.4 Å². The van der Waals surface area contributed by atoms with Gasteiger partial charge in [-0.2, -0.15) is 8.42 Å². The fraction of sp³-hybridized carbons (Fsp3) is 0.258. The first kappa shape index (κ1) is 30.0. The number of fused-ring (bicyclic) bond motifs is 1. The van der Waals surface area contributed by atoms with Gasteiger partial charge in [0.2, 0.25) is 5.91 Å². The van der Waals surface area contributed by atoms with Gasteiger partial charge >= 0.3 is 16.1 Å². The van der Waals surface area contributed by atoms with Crippen molar-refractivity contribution in [3.05, 3.63) is 89.5 Å². The number of H-pyrrole nitrogens is 1. The van der Waals surface area contributed by atoms with E-state index in [9.17, 15) is 23.1 Å². The summed E-state index contributed by atoms with van der Waals surface area (Å²) < 4.78 is 27.3. The number of carbonyl (C=O) groups is 2. The molecule has 0 saturated carbocycles. The minimum Gasteiger partial charge on any atom is -0.494 e. The molecular formula is C31H33N5O6S. The molecule has 5 rings (SSSR count). The van der Waals surface area contributed by atoms with Crippen molar-refractivity contribution >= 4 is 50.0 Å². The van der Waals surface area contributed by atoms with Crippen molar-refractivity contribution in [2.24, 2.45) is 4.99 Å². The molecule has 0 spiro atoms. The summed E-state index contributed by atoms with van der Waals surface area (Å²) in [4.78, 5) is 39.0. The predicted octanol–water partition coefficient (Wildman–Crippen LogP) is 3.37. The zero-order valence-corrected chi connectivity index (χ0v) is 25.0. The highest BCUT2D eigenvalue weighted by Gasteiger charge is 2.22. The summed E-state index contributed by atoms with van der Waals surface area (Å²) in [7, 11) is -0.148. The Hall–Kier alpha value is -4.52. The molecular weight excluding hydrogens is 570 g/mol. The molecule has 1 aliphatic rings. The van der Waals surface area contributed by atoms with Crippen LogP contribution in [0.2, 0.25) is 0 Å². The summed E-state index contributed by atoms with van der Waals surface area (Å²) in [6.07, 6.45) is 0.793. The molecule has 3 aromatic carbocycles. The summed E-state index contributed by atoms with van der Waals surface area (Å²) in [6.45, 7) is 3.96. The Morgan fingerprint density at radius 2 is 1.65 bits per heavy atom. The zero-order valence-electron chi connectivity index (χ0n) is 24.1. The van der Waals surface area contributed by atoms with Crippen LogP contribution in [-0.4, -0.2) is 99.0 Å². The monoisotopic (exact) mass is 603 g/mol. The molecule has 1 aliphatic heterocycles. The van der Waals surface area contributed by atoms with Gasteiger partial charge in [-0.15, -0.1) is 0 Å². The number of aromatic hydroxyl groups is 1. The number of anilines is 1. The molecule has 0 aliphatic carbocycles. The first-order valence-corrected chi connectivity index (χ1v) is 15.5. The third-order valence-corrected chi connectivity index (χ3v) is 7.79. The molecule has 1 aromatic heterocycles. The second kappa shape index (κ2) is 12.4. The molecule has 0 radical (unpaired) electrons. The standard InChI is InChI=1S/C31H33N5O6S/c1-34-15-17-36(18-16-34)20-27(37)35(2)24-12-10-23(11-13-24)32-29(21-7-5-4-6-8-21)28-25-14-9-22(19-26(25)33-30(28)38)31(39)42-43(3,40)41/h4-14,19,33,38H,15-18,20H2,1-3H3. The van der Waals surface area contributed by atoms with Crippen LogP contribution in [-0.2, 0) is 19.1 Å². The number of aromatic amines is 1. The van der Waals surface area contributed by atoms with Crippen LogP contribution in [0.3, 0.4) is 0 Å². The average molecular weight is 604 g/mol. The van der Waals surface area contributed by atoms with E-state index < -0.39 is 16.1 Å². The number of likely N-dealkylation sites (N-methyl/N-ethyl adjacent to an activating group) is 2. The van der Waals surface area contributed by atoms with Crippen LogP contribution in [0.15, 0.2) is 77.8 Å². The number of piperazine rings is 1. The molecule has 2 heterocycles.